The van der Waals surface area contributed by atoms with Crippen molar-refractivity contribution in [2.75, 3.05) is 7.11 Å². The van der Waals surface area contributed by atoms with Gasteiger partial charge in [-0.15, -0.1) is 0 Å². The summed E-state index contributed by atoms with van der Waals surface area (Å²) in [5.41, 5.74) is 5.13. The Labute approximate surface area is 174 Å². The summed E-state index contributed by atoms with van der Waals surface area (Å²) in [4.78, 5) is 17.9. The molecule has 0 unspecified atom stereocenters. The fraction of sp³-hybridized carbons (Fsp3) is 0.385. The van der Waals surface area contributed by atoms with Crippen molar-refractivity contribution in [1.29, 1.82) is 0 Å². The van der Waals surface area contributed by atoms with E-state index in [-0.39, 0.29) is 19.1 Å². The van der Waals surface area contributed by atoms with E-state index in [2.05, 4.69) is 25.1 Å². The lowest BCUT2D eigenvalue weighted by atomic mass is 9.82. The van der Waals surface area contributed by atoms with Crippen molar-refractivity contribution in [2.24, 2.45) is 5.92 Å². The lowest BCUT2D eigenvalue weighted by molar-refractivity contribution is 0.0519. The van der Waals surface area contributed by atoms with Crippen LogP contribution in [0.4, 0.5) is 0 Å². The van der Waals surface area contributed by atoms with Crippen molar-refractivity contribution in [3.63, 3.8) is 0 Å². The van der Waals surface area contributed by atoms with Gasteiger partial charge >= 0.3 is 0 Å². The number of fused-ring (bicyclic) bond motifs is 1. The number of ketones is 1. The number of carbonyl (C=O) groups excluding carboxylic acids is 1. The van der Waals surface area contributed by atoms with Crippen molar-refractivity contribution in [2.45, 2.75) is 52.6 Å². The van der Waals surface area contributed by atoms with Crippen LogP contribution < -0.4 is 0 Å². The Morgan fingerprint density at radius 1 is 1.03 bits per heavy atom. The molecule has 0 radical (unpaired) electrons. The lowest BCUT2D eigenvalue weighted by Crippen LogP contribution is -2.25. The summed E-state index contributed by atoms with van der Waals surface area (Å²) in [6.07, 6.45) is 5.01. The van der Waals surface area contributed by atoms with Gasteiger partial charge in [-0.3, -0.25) is 4.79 Å². The van der Waals surface area contributed by atoms with Gasteiger partial charge in [-0.05, 0) is 61.9 Å². The van der Waals surface area contributed by atoms with Gasteiger partial charge < -0.3 is 4.74 Å². The highest BCUT2D eigenvalue weighted by atomic mass is 16.5. The molecule has 0 N–H and O–H groups in total. The van der Waals surface area contributed by atoms with Crippen molar-refractivity contribution in [3.05, 3.63) is 65.7 Å². The number of rotatable bonds is 5. The second-order valence-electron chi connectivity index (χ2n) is 7.70. The van der Waals surface area contributed by atoms with Gasteiger partial charge in [-0.2, -0.15) is 0 Å². The van der Waals surface area contributed by atoms with E-state index in [0.717, 1.165) is 59.8 Å². The third kappa shape index (κ3) is 4.40. The molecule has 1 aliphatic rings. The topological polar surface area (TPSA) is 39.2 Å². The van der Waals surface area contributed by atoms with E-state index in [1.54, 1.807) is 7.11 Å². The van der Waals surface area contributed by atoms with Crippen molar-refractivity contribution >= 4 is 16.7 Å². The van der Waals surface area contributed by atoms with Gasteiger partial charge in [0.2, 0.25) is 0 Å². The van der Waals surface area contributed by atoms with Crippen molar-refractivity contribution in [1.82, 2.24) is 4.98 Å². The standard InChI is InChI=1S/C25H27NO2.CH4/c1-3-17-15-21-16-20(25(27)19-9-12-22(28-2)13-10-19)11-14-23(21)26-24(17)18-7-5-4-6-8-18;/h4-8,11,14-16,19,22H,3,9-10,12-13H2,1-2H3;1H4. The van der Waals surface area contributed by atoms with Gasteiger partial charge in [0.05, 0.1) is 17.3 Å². The molecule has 3 aromatic rings. The van der Waals surface area contributed by atoms with Crippen LogP contribution in [0.15, 0.2) is 54.6 Å². The monoisotopic (exact) mass is 389 g/mol. The number of ether oxygens (including phenoxy) is 1. The summed E-state index contributed by atoms with van der Waals surface area (Å²) in [6, 6.07) is 18.5. The molecule has 0 bridgehead atoms. The Kier molecular flexibility index (Phi) is 6.81. The highest BCUT2D eigenvalue weighted by Crippen LogP contribution is 2.31. The van der Waals surface area contributed by atoms with Gasteiger partial charge in [-0.1, -0.05) is 44.7 Å². The molecule has 0 amide bonds. The van der Waals surface area contributed by atoms with Crippen LogP contribution in [0.25, 0.3) is 22.2 Å². The van der Waals surface area contributed by atoms with Gasteiger partial charge in [0.15, 0.2) is 5.78 Å². The number of methoxy groups -OCH3 is 1. The molecule has 1 fully saturated rings. The number of aryl methyl sites for hydroxylation is 1. The average Bonchev–Trinajstić information content (AvgIpc) is 2.78. The number of nitrogens with zero attached hydrogens (tertiary/aromatic N) is 1. The summed E-state index contributed by atoms with van der Waals surface area (Å²) in [5.74, 6) is 0.382. The molecule has 29 heavy (non-hydrogen) atoms. The van der Waals surface area contributed by atoms with Gasteiger partial charge in [-0.25, -0.2) is 4.98 Å². The van der Waals surface area contributed by atoms with Gasteiger partial charge in [0, 0.05) is 29.5 Å². The van der Waals surface area contributed by atoms with E-state index in [9.17, 15) is 4.79 Å². The molecule has 1 aromatic heterocycles. The summed E-state index contributed by atoms with van der Waals surface area (Å²) >= 11 is 0. The number of benzene rings is 2. The smallest absolute Gasteiger partial charge is 0.165 e. The largest absolute Gasteiger partial charge is 0.381 e. The minimum atomic E-state index is 0. The zero-order chi connectivity index (χ0) is 19.5. The first kappa shape index (κ1) is 21.2. The highest BCUT2D eigenvalue weighted by molar-refractivity contribution is 6.01. The zero-order valence-corrected chi connectivity index (χ0v) is 16.7. The quantitative estimate of drug-likeness (QED) is 0.468. The third-order valence-electron chi connectivity index (χ3n) is 5.98. The third-order valence-corrected chi connectivity index (χ3v) is 5.98. The maximum absolute atomic E-state index is 13.0. The molecule has 1 aliphatic carbocycles. The molecule has 1 heterocycles. The van der Waals surface area contributed by atoms with E-state index in [4.69, 9.17) is 9.72 Å². The van der Waals surface area contributed by atoms with Crippen LogP contribution in [0.5, 0.6) is 0 Å². The van der Waals surface area contributed by atoms with Crippen LogP contribution >= 0.6 is 0 Å². The number of aromatic nitrogens is 1. The fourth-order valence-electron chi connectivity index (χ4n) is 4.29. The number of carbonyl (C=O) groups is 1. The Hall–Kier alpha value is -2.52. The van der Waals surface area contributed by atoms with Crippen LogP contribution in [-0.2, 0) is 11.2 Å². The van der Waals surface area contributed by atoms with Crippen LogP contribution in [0.3, 0.4) is 0 Å². The Morgan fingerprint density at radius 2 is 1.76 bits per heavy atom. The maximum Gasteiger partial charge on any atom is 0.165 e. The molecule has 3 nitrogen and oxygen atoms in total. The lowest BCUT2D eigenvalue weighted by Gasteiger charge is -2.26. The molecule has 0 atom stereocenters. The van der Waals surface area contributed by atoms with Crippen molar-refractivity contribution in [3.8, 4) is 11.3 Å². The average molecular weight is 390 g/mol. The molecule has 0 aliphatic heterocycles. The van der Waals surface area contributed by atoms with Gasteiger partial charge in [0.25, 0.3) is 0 Å². The first-order chi connectivity index (χ1) is 13.7. The SMILES string of the molecule is C.CCc1cc2cc(C(=O)C3CCC(OC)CC3)ccc2nc1-c1ccccc1. The fourth-order valence-corrected chi connectivity index (χ4v) is 4.29. The summed E-state index contributed by atoms with van der Waals surface area (Å²) in [5, 5.41) is 1.05. The molecule has 3 heteroatoms. The van der Waals surface area contributed by atoms with Crippen LogP contribution in [0.1, 0.15) is 56.0 Å². The van der Waals surface area contributed by atoms with Crippen LogP contribution in [0, 0.1) is 5.92 Å². The molecular weight excluding hydrogens is 358 g/mol. The van der Waals surface area contributed by atoms with E-state index in [1.807, 2.05) is 36.4 Å². The van der Waals surface area contributed by atoms with Gasteiger partial charge in [0.1, 0.15) is 0 Å². The summed E-state index contributed by atoms with van der Waals surface area (Å²) < 4.78 is 5.44. The highest BCUT2D eigenvalue weighted by Gasteiger charge is 2.27. The summed E-state index contributed by atoms with van der Waals surface area (Å²) in [7, 11) is 1.76. The zero-order valence-electron chi connectivity index (χ0n) is 16.7. The molecular formula is C26H31NO2. The number of Topliss-reactive ketones (excluding diaryl/α,β-unsaturated/α-hetero) is 1. The van der Waals surface area contributed by atoms with E-state index in [0.29, 0.717) is 6.10 Å². The maximum atomic E-state index is 13.0. The molecule has 152 valence electrons. The van der Waals surface area contributed by atoms with Crippen LogP contribution in [0.2, 0.25) is 0 Å². The van der Waals surface area contributed by atoms with Crippen LogP contribution in [-0.4, -0.2) is 24.0 Å². The second kappa shape index (κ2) is 9.32. The number of hydrogen-bond donors (Lipinski definition) is 0. The Balaban J connectivity index is 0.00000240. The van der Waals surface area contributed by atoms with Crippen molar-refractivity contribution < 1.29 is 9.53 Å². The van der Waals surface area contributed by atoms with E-state index in [1.165, 1.54) is 5.56 Å². The summed E-state index contributed by atoms with van der Waals surface area (Å²) in [6.45, 7) is 2.15. The first-order valence-electron chi connectivity index (χ1n) is 10.3. The van der Waals surface area contributed by atoms with E-state index >= 15 is 0 Å². The molecule has 0 spiro atoms. The first-order valence-corrected chi connectivity index (χ1v) is 10.3. The normalized spacial score (nSPS) is 19.0. The molecule has 2 aromatic carbocycles. The minimum Gasteiger partial charge on any atom is -0.381 e. The van der Waals surface area contributed by atoms with E-state index < -0.39 is 0 Å². The number of pyridine rings is 1. The predicted octanol–water partition coefficient (Wildman–Crippen LogP) is 6.49. The second-order valence-corrected chi connectivity index (χ2v) is 7.70. The Bertz CT molecular complexity index is 973. The predicted molar refractivity (Wildman–Crippen MR) is 120 cm³/mol. The molecule has 0 saturated heterocycles. The minimum absolute atomic E-state index is 0. The molecule has 1 saturated carbocycles. The molecule has 4 rings (SSSR count). The number of hydrogen-bond acceptors (Lipinski definition) is 3. The Morgan fingerprint density at radius 3 is 2.41 bits per heavy atom.